The second-order valence-corrected chi connectivity index (χ2v) is 5.44. The number of aryl methyl sites for hydroxylation is 1. The van der Waals surface area contributed by atoms with Gasteiger partial charge in [-0.05, 0) is 42.7 Å². The molecule has 90 valence electrons. The number of rotatable bonds is 5. The van der Waals surface area contributed by atoms with E-state index < -0.39 is 0 Å². The minimum atomic E-state index is -0.333. The molecule has 2 unspecified atom stereocenters. The van der Waals surface area contributed by atoms with Crippen molar-refractivity contribution in [3.05, 3.63) is 21.9 Å². The van der Waals surface area contributed by atoms with Crippen molar-refractivity contribution in [1.82, 2.24) is 0 Å². The fourth-order valence-electron chi connectivity index (χ4n) is 2.39. The van der Waals surface area contributed by atoms with Crippen LogP contribution in [-0.2, 0) is 11.2 Å². The van der Waals surface area contributed by atoms with Crippen LogP contribution in [-0.4, -0.2) is 24.4 Å². The molecule has 0 aromatic carbocycles. The number of ether oxygens (including phenoxy) is 1. The van der Waals surface area contributed by atoms with Crippen LogP contribution < -0.4 is 0 Å². The summed E-state index contributed by atoms with van der Waals surface area (Å²) in [6.07, 6.45) is 4.16. The molecule has 1 aromatic heterocycles. The van der Waals surface area contributed by atoms with Crippen LogP contribution in [0.5, 0.6) is 0 Å². The summed E-state index contributed by atoms with van der Waals surface area (Å²) < 4.78 is 5.44. The zero-order valence-corrected chi connectivity index (χ0v) is 10.6. The van der Waals surface area contributed by atoms with Crippen LogP contribution in [0, 0.1) is 0 Å². The number of aliphatic hydroxyl groups is 1. The SMILES string of the molecule is CCCOCC(O)C1CCCc2sccc21. The highest BCUT2D eigenvalue weighted by Gasteiger charge is 2.27. The lowest BCUT2D eigenvalue weighted by Crippen LogP contribution is -2.26. The molecule has 16 heavy (non-hydrogen) atoms. The zero-order valence-electron chi connectivity index (χ0n) is 9.82. The summed E-state index contributed by atoms with van der Waals surface area (Å²) in [5, 5.41) is 12.3. The topological polar surface area (TPSA) is 29.5 Å². The Hall–Kier alpha value is -0.380. The maximum atomic E-state index is 10.1. The first-order chi connectivity index (χ1) is 7.83. The van der Waals surface area contributed by atoms with E-state index in [0.717, 1.165) is 19.4 Å². The monoisotopic (exact) mass is 240 g/mol. The van der Waals surface area contributed by atoms with Crippen molar-refractivity contribution < 1.29 is 9.84 Å². The molecule has 0 saturated heterocycles. The van der Waals surface area contributed by atoms with E-state index in [1.165, 1.54) is 23.3 Å². The standard InChI is InChI=1S/C13H20O2S/c1-2-7-15-9-12(14)10-4-3-5-13-11(10)6-8-16-13/h6,8,10,12,14H,2-5,7,9H2,1H3. The van der Waals surface area contributed by atoms with Crippen molar-refractivity contribution in [2.75, 3.05) is 13.2 Å². The Bertz CT molecular complexity index is 321. The van der Waals surface area contributed by atoms with Crippen molar-refractivity contribution in [3.8, 4) is 0 Å². The predicted octanol–water partition coefficient (Wildman–Crippen LogP) is 2.96. The summed E-state index contributed by atoms with van der Waals surface area (Å²) in [7, 11) is 0. The molecule has 0 radical (unpaired) electrons. The molecule has 2 rings (SSSR count). The van der Waals surface area contributed by atoms with Gasteiger partial charge in [-0.15, -0.1) is 11.3 Å². The van der Waals surface area contributed by atoms with E-state index in [4.69, 9.17) is 4.74 Å². The Kier molecular flexibility index (Phi) is 4.38. The smallest absolute Gasteiger partial charge is 0.0842 e. The second-order valence-electron chi connectivity index (χ2n) is 4.44. The minimum absolute atomic E-state index is 0.298. The number of hydrogen-bond donors (Lipinski definition) is 1. The lowest BCUT2D eigenvalue weighted by Gasteiger charge is -2.27. The minimum Gasteiger partial charge on any atom is -0.390 e. The first kappa shape index (κ1) is 12.1. The molecule has 1 heterocycles. The van der Waals surface area contributed by atoms with Crippen molar-refractivity contribution >= 4 is 11.3 Å². The molecular formula is C13H20O2S. The molecule has 1 aromatic rings. The summed E-state index contributed by atoms with van der Waals surface area (Å²) in [6.45, 7) is 3.32. The van der Waals surface area contributed by atoms with Gasteiger partial charge in [0, 0.05) is 17.4 Å². The number of fused-ring (bicyclic) bond motifs is 1. The number of hydrogen-bond acceptors (Lipinski definition) is 3. The van der Waals surface area contributed by atoms with Crippen LogP contribution in [0.3, 0.4) is 0 Å². The van der Waals surface area contributed by atoms with Gasteiger partial charge in [0.1, 0.15) is 0 Å². The first-order valence-electron chi connectivity index (χ1n) is 6.15. The van der Waals surface area contributed by atoms with E-state index in [1.54, 1.807) is 0 Å². The molecule has 2 atom stereocenters. The molecule has 1 N–H and O–H groups in total. The van der Waals surface area contributed by atoms with E-state index in [0.29, 0.717) is 12.5 Å². The normalized spacial score (nSPS) is 21.8. The summed E-state index contributed by atoms with van der Waals surface area (Å²) in [4.78, 5) is 1.46. The van der Waals surface area contributed by atoms with Crippen LogP contribution in [0.2, 0.25) is 0 Å². The third kappa shape index (κ3) is 2.65. The van der Waals surface area contributed by atoms with E-state index in [2.05, 4.69) is 18.4 Å². The molecule has 0 saturated carbocycles. The molecular weight excluding hydrogens is 220 g/mol. The Morgan fingerprint density at radius 3 is 3.31 bits per heavy atom. The number of thiophene rings is 1. The molecule has 3 heteroatoms. The van der Waals surface area contributed by atoms with Gasteiger partial charge in [0.05, 0.1) is 12.7 Å². The van der Waals surface area contributed by atoms with Crippen LogP contribution in [0.4, 0.5) is 0 Å². The lowest BCUT2D eigenvalue weighted by molar-refractivity contribution is 0.0196. The van der Waals surface area contributed by atoms with Crippen LogP contribution in [0.15, 0.2) is 11.4 Å². The van der Waals surface area contributed by atoms with E-state index in [1.807, 2.05) is 11.3 Å². The van der Waals surface area contributed by atoms with Gasteiger partial charge in [-0.1, -0.05) is 6.92 Å². The number of aliphatic hydroxyl groups excluding tert-OH is 1. The van der Waals surface area contributed by atoms with Crippen molar-refractivity contribution in [1.29, 1.82) is 0 Å². The fourth-order valence-corrected chi connectivity index (χ4v) is 3.38. The van der Waals surface area contributed by atoms with Crippen molar-refractivity contribution in [2.45, 2.75) is 44.6 Å². The first-order valence-corrected chi connectivity index (χ1v) is 7.03. The van der Waals surface area contributed by atoms with Crippen molar-refractivity contribution in [2.24, 2.45) is 0 Å². The third-order valence-corrected chi connectivity index (χ3v) is 4.20. The average molecular weight is 240 g/mol. The van der Waals surface area contributed by atoms with Gasteiger partial charge in [-0.25, -0.2) is 0 Å². The van der Waals surface area contributed by atoms with Gasteiger partial charge in [-0.3, -0.25) is 0 Å². The maximum Gasteiger partial charge on any atom is 0.0842 e. The molecule has 1 aliphatic rings. The molecule has 0 amide bonds. The van der Waals surface area contributed by atoms with Crippen LogP contribution in [0.25, 0.3) is 0 Å². The molecule has 0 spiro atoms. The Morgan fingerprint density at radius 1 is 1.62 bits per heavy atom. The van der Waals surface area contributed by atoms with Gasteiger partial charge in [0.2, 0.25) is 0 Å². The van der Waals surface area contributed by atoms with Crippen LogP contribution in [0.1, 0.15) is 42.5 Å². The highest BCUT2D eigenvalue weighted by Crippen LogP contribution is 2.36. The summed E-state index contributed by atoms with van der Waals surface area (Å²) in [5.41, 5.74) is 1.36. The average Bonchev–Trinajstić information content (AvgIpc) is 2.76. The Morgan fingerprint density at radius 2 is 2.50 bits per heavy atom. The van der Waals surface area contributed by atoms with Gasteiger partial charge in [0.25, 0.3) is 0 Å². The maximum absolute atomic E-state index is 10.1. The molecule has 0 aliphatic heterocycles. The largest absolute Gasteiger partial charge is 0.390 e. The quantitative estimate of drug-likeness (QED) is 0.802. The second kappa shape index (κ2) is 5.80. The highest BCUT2D eigenvalue weighted by atomic mass is 32.1. The van der Waals surface area contributed by atoms with Gasteiger partial charge in [0.15, 0.2) is 0 Å². The van der Waals surface area contributed by atoms with Crippen molar-refractivity contribution in [3.63, 3.8) is 0 Å². The molecule has 1 aliphatic carbocycles. The van der Waals surface area contributed by atoms with E-state index in [-0.39, 0.29) is 6.10 Å². The molecule has 0 bridgehead atoms. The summed E-state index contributed by atoms with van der Waals surface area (Å²) in [6, 6.07) is 2.17. The fraction of sp³-hybridized carbons (Fsp3) is 0.692. The summed E-state index contributed by atoms with van der Waals surface area (Å²) >= 11 is 1.82. The zero-order chi connectivity index (χ0) is 11.4. The van der Waals surface area contributed by atoms with E-state index >= 15 is 0 Å². The Balaban J connectivity index is 1.95. The molecule has 2 nitrogen and oxygen atoms in total. The Labute approximate surface area is 101 Å². The van der Waals surface area contributed by atoms with E-state index in [9.17, 15) is 5.11 Å². The van der Waals surface area contributed by atoms with Crippen LogP contribution >= 0.6 is 11.3 Å². The molecule has 0 fully saturated rings. The lowest BCUT2D eigenvalue weighted by atomic mass is 9.84. The van der Waals surface area contributed by atoms with Gasteiger partial charge in [-0.2, -0.15) is 0 Å². The highest BCUT2D eigenvalue weighted by molar-refractivity contribution is 7.10. The summed E-state index contributed by atoms with van der Waals surface area (Å²) in [5.74, 6) is 0.298. The van der Waals surface area contributed by atoms with Gasteiger partial charge >= 0.3 is 0 Å². The van der Waals surface area contributed by atoms with Gasteiger partial charge < -0.3 is 9.84 Å². The third-order valence-electron chi connectivity index (χ3n) is 3.20. The predicted molar refractivity (Wildman–Crippen MR) is 67.1 cm³/mol.